The second-order valence-electron chi connectivity index (χ2n) is 11.4. The summed E-state index contributed by atoms with van der Waals surface area (Å²) in [7, 11) is -4.47. The predicted molar refractivity (Wildman–Crippen MR) is 150 cm³/mol. The monoisotopic (exact) mass is 660 g/mol. The molecule has 0 aromatic heterocycles. The first-order chi connectivity index (χ1) is 21.0. The van der Waals surface area contributed by atoms with E-state index in [0.29, 0.717) is 31.7 Å². The molecular weight excluding hydrogens is 628 g/mol. The number of methoxy groups -OCH3 is 1. The van der Waals surface area contributed by atoms with E-state index < -0.39 is 73.4 Å². The zero-order chi connectivity index (χ0) is 33.3. The number of nitrogens with one attached hydrogen (secondary N) is 2. The van der Waals surface area contributed by atoms with Crippen LogP contribution in [0.2, 0.25) is 0 Å². The van der Waals surface area contributed by atoms with E-state index in [1.54, 1.807) is 6.92 Å². The molecule has 2 saturated carbocycles. The number of sulfone groups is 1. The molecule has 0 bridgehead atoms. The number of aliphatic hydroxyl groups is 1. The molecule has 0 heterocycles. The Morgan fingerprint density at radius 3 is 2.29 bits per heavy atom. The Balaban J connectivity index is 1.49. The Morgan fingerprint density at radius 2 is 1.69 bits per heavy atom. The minimum Gasteiger partial charge on any atom is -0.496 e. The SMILES string of the molecule is COc1cc(F)c(OC2CCC(C)(C(=O)O)CC2)cc1C(=O)N[C@H]1[C@H](O)CC[C@H]1C(=O)Nc1cccc(S(=O)(=O)C(F)(F)F)c1. The zero-order valence-corrected chi connectivity index (χ0v) is 25.0. The van der Waals surface area contributed by atoms with Gasteiger partial charge < -0.3 is 30.3 Å². The largest absolute Gasteiger partial charge is 0.501 e. The van der Waals surface area contributed by atoms with Crippen LogP contribution in [-0.4, -0.2) is 67.3 Å². The normalized spacial score (nSPS) is 25.3. The van der Waals surface area contributed by atoms with Crippen molar-refractivity contribution >= 4 is 33.3 Å². The van der Waals surface area contributed by atoms with Crippen LogP contribution in [0.25, 0.3) is 0 Å². The number of aliphatic carboxylic acids is 1. The van der Waals surface area contributed by atoms with Crippen molar-refractivity contribution in [3.05, 3.63) is 47.8 Å². The molecule has 0 unspecified atom stereocenters. The molecule has 2 fully saturated rings. The first-order valence-electron chi connectivity index (χ1n) is 14.0. The Labute approximate surface area is 255 Å². The standard InChI is InChI=1S/C29H32F4N2O9S/c1-28(27(39)40)10-8-16(9-11-28)44-23-13-19(22(43-2)14-20(23)30)26(38)35-24-18(6-7-21(24)36)25(37)34-15-4-3-5-17(12-15)45(41,42)29(31,32)33/h3-5,12-14,16,18,21,24,36H,6-11H2,1-2H3,(H,34,37)(H,35,38)(H,39,40)/t16?,18-,21-,24-,28?/m1/s1. The molecule has 246 valence electrons. The van der Waals surface area contributed by atoms with Crippen molar-refractivity contribution < 1.29 is 60.0 Å². The van der Waals surface area contributed by atoms with Crippen molar-refractivity contribution in [2.24, 2.45) is 11.3 Å². The quantitative estimate of drug-likeness (QED) is 0.290. The van der Waals surface area contributed by atoms with Gasteiger partial charge in [0.25, 0.3) is 15.7 Å². The van der Waals surface area contributed by atoms with Crippen LogP contribution in [0.3, 0.4) is 0 Å². The third-order valence-corrected chi connectivity index (χ3v) is 9.80. The lowest BCUT2D eigenvalue weighted by Crippen LogP contribution is -2.47. The second kappa shape index (κ2) is 12.8. The van der Waals surface area contributed by atoms with E-state index in [1.807, 2.05) is 0 Å². The highest BCUT2D eigenvalue weighted by atomic mass is 32.2. The minimum absolute atomic E-state index is 0.0738. The van der Waals surface area contributed by atoms with Gasteiger partial charge in [-0.2, -0.15) is 13.2 Å². The number of carbonyl (C=O) groups is 3. The maximum Gasteiger partial charge on any atom is 0.501 e. The van der Waals surface area contributed by atoms with Gasteiger partial charge in [-0.15, -0.1) is 0 Å². The van der Waals surface area contributed by atoms with Crippen molar-refractivity contribution in [1.82, 2.24) is 5.32 Å². The number of carboxylic acids is 1. The van der Waals surface area contributed by atoms with E-state index in [-0.39, 0.29) is 35.6 Å². The van der Waals surface area contributed by atoms with Gasteiger partial charge in [0.15, 0.2) is 11.6 Å². The first-order valence-corrected chi connectivity index (χ1v) is 15.4. The maximum absolute atomic E-state index is 14.9. The Kier molecular flexibility index (Phi) is 9.68. The number of ether oxygens (including phenoxy) is 2. The number of carboxylic acid groups (broad SMARTS) is 1. The van der Waals surface area contributed by atoms with E-state index in [1.165, 1.54) is 13.2 Å². The molecule has 2 aliphatic carbocycles. The number of amides is 2. The van der Waals surface area contributed by atoms with Crippen molar-refractivity contribution in [2.75, 3.05) is 12.4 Å². The van der Waals surface area contributed by atoms with Gasteiger partial charge in [-0.25, -0.2) is 12.8 Å². The molecule has 11 nitrogen and oxygen atoms in total. The molecule has 16 heteroatoms. The van der Waals surface area contributed by atoms with Gasteiger partial charge in [0, 0.05) is 11.8 Å². The summed E-state index contributed by atoms with van der Waals surface area (Å²) >= 11 is 0. The predicted octanol–water partition coefficient (Wildman–Crippen LogP) is 4.05. The van der Waals surface area contributed by atoms with Gasteiger partial charge in [-0.1, -0.05) is 6.07 Å². The molecule has 2 amide bonds. The van der Waals surface area contributed by atoms with Crippen LogP contribution in [0, 0.1) is 17.2 Å². The fourth-order valence-corrected chi connectivity index (χ4v) is 6.33. The van der Waals surface area contributed by atoms with E-state index in [9.17, 15) is 50.6 Å². The van der Waals surface area contributed by atoms with Gasteiger partial charge in [0.1, 0.15) is 5.75 Å². The molecule has 2 aromatic rings. The van der Waals surface area contributed by atoms with Gasteiger partial charge >= 0.3 is 11.5 Å². The van der Waals surface area contributed by atoms with Crippen LogP contribution < -0.4 is 20.1 Å². The van der Waals surface area contributed by atoms with Gasteiger partial charge in [-0.3, -0.25) is 14.4 Å². The minimum atomic E-state index is -5.67. The van der Waals surface area contributed by atoms with Crippen LogP contribution in [0.4, 0.5) is 23.2 Å². The topological polar surface area (TPSA) is 168 Å². The fraction of sp³-hybridized carbons (Fsp3) is 0.483. The van der Waals surface area contributed by atoms with Crippen molar-refractivity contribution in [1.29, 1.82) is 0 Å². The number of carbonyl (C=O) groups excluding carboxylic acids is 2. The molecule has 0 radical (unpaired) electrons. The van der Waals surface area contributed by atoms with Crippen LogP contribution in [0.15, 0.2) is 41.3 Å². The van der Waals surface area contributed by atoms with Crippen LogP contribution in [-0.2, 0) is 19.4 Å². The summed E-state index contributed by atoms with van der Waals surface area (Å²) in [5.74, 6) is -4.92. The lowest BCUT2D eigenvalue weighted by molar-refractivity contribution is -0.150. The lowest BCUT2D eigenvalue weighted by Gasteiger charge is -2.34. The second-order valence-corrected chi connectivity index (χ2v) is 13.3. The van der Waals surface area contributed by atoms with Gasteiger partial charge in [-0.05, 0) is 69.7 Å². The Hall–Kier alpha value is -3.92. The average Bonchev–Trinajstić information content (AvgIpc) is 3.34. The summed E-state index contributed by atoms with van der Waals surface area (Å²) in [6.07, 6.45) is -0.257. The maximum atomic E-state index is 14.9. The molecule has 4 rings (SSSR count). The molecule has 0 spiro atoms. The molecule has 2 aliphatic rings. The molecular formula is C29H32F4N2O9S. The van der Waals surface area contributed by atoms with Crippen LogP contribution in [0.5, 0.6) is 11.5 Å². The van der Waals surface area contributed by atoms with E-state index in [0.717, 1.165) is 24.3 Å². The molecule has 2 aromatic carbocycles. The fourth-order valence-electron chi connectivity index (χ4n) is 5.52. The number of halogens is 4. The summed E-state index contributed by atoms with van der Waals surface area (Å²) in [6, 6.07) is 4.46. The van der Waals surface area contributed by atoms with Crippen LogP contribution >= 0.6 is 0 Å². The van der Waals surface area contributed by atoms with E-state index in [4.69, 9.17) is 9.47 Å². The third-order valence-electron chi connectivity index (χ3n) is 8.32. The summed E-state index contributed by atoms with van der Waals surface area (Å²) in [5.41, 5.74) is -6.89. The average molecular weight is 661 g/mol. The summed E-state index contributed by atoms with van der Waals surface area (Å²) in [6.45, 7) is 1.63. The van der Waals surface area contributed by atoms with Crippen molar-refractivity contribution in [3.63, 3.8) is 0 Å². The smallest absolute Gasteiger partial charge is 0.496 e. The Morgan fingerprint density at radius 1 is 1.02 bits per heavy atom. The molecule has 0 aliphatic heterocycles. The Bertz CT molecular complexity index is 1570. The number of aliphatic hydroxyl groups excluding tert-OH is 1. The summed E-state index contributed by atoms with van der Waals surface area (Å²) in [4.78, 5) is 36.9. The lowest BCUT2D eigenvalue weighted by atomic mass is 9.75. The summed E-state index contributed by atoms with van der Waals surface area (Å²) < 4.78 is 88.4. The molecule has 45 heavy (non-hydrogen) atoms. The number of benzene rings is 2. The third kappa shape index (κ3) is 7.16. The van der Waals surface area contributed by atoms with E-state index >= 15 is 0 Å². The molecule has 3 atom stereocenters. The van der Waals surface area contributed by atoms with Crippen molar-refractivity contribution in [3.8, 4) is 11.5 Å². The number of hydrogen-bond acceptors (Lipinski definition) is 8. The number of rotatable bonds is 9. The zero-order valence-electron chi connectivity index (χ0n) is 24.2. The highest BCUT2D eigenvalue weighted by Crippen LogP contribution is 2.39. The highest BCUT2D eigenvalue weighted by Gasteiger charge is 2.47. The first kappa shape index (κ1) is 34.0. The highest BCUT2D eigenvalue weighted by molar-refractivity contribution is 7.92. The number of hydrogen-bond donors (Lipinski definition) is 4. The van der Waals surface area contributed by atoms with Gasteiger partial charge in [0.2, 0.25) is 5.91 Å². The van der Waals surface area contributed by atoms with Crippen LogP contribution in [0.1, 0.15) is 55.8 Å². The number of alkyl halides is 3. The van der Waals surface area contributed by atoms with Crippen molar-refractivity contribution in [2.45, 2.75) is 74.1 Å². The molecule has 4 N–H and O–H groups in total. The number of anilines is 1. The molecule has 0 saturated heterocycles. The van der Waals surface area contributed by atoms with E-state index in [2.05, 4.69) is 10.6 Å². The summed E-state index contributed by atoms with van der Waals surface area (Å²) in [5, 5.41) is 24.9. The van der Waals surface area contributed by atoms with Gasteiger partial charge in [0.05, 0.1) is 47.2 Å².